The first-order chi connectivity index (χ1) is 8.90. The molecular weight excluding hydrogens is 247 g/mol. The van der Waals surface area contributed by atoms with Gasteiger partial charge in [-0.2, -0.15) is 5.10 Å². The smallest absolute Gasteiger partial charge is 0.171 e. The number of hydrogen-bond donors (Lipinski definition) is 2. The standard InChI is InChI=1S/C13H15FN4O/c1-7-12(8(2)18(3)17-7)19-11-5-4-9(13(15)16)6-10(11)14/h4-6H,1-3H3,(H3,15,16). The number of nitrogen functional groups attached to an aromatic ring is 1. The van der Waals surface area contributed by atoms with Crippen LogP contribution in [0.2, 0.25) is 0 Å². The first-order valence-electron chi connectivity index (χ1n) is 5.72. The molecule has 5 nitrogen and oxygen atoms in total. The van der Waals surface area contributed by atoms with E-state index >= 15 is 0 Å². The molecule has 3 N–H and O–H groups in total. The molecular formula is C13H15FN4O. The minimum Gasteiger partial charge on any atom is -0.450 e. The molecule has 0 radical (unpaired) electrons. The lowest BCUT2D eigenvalue weighted by molar-refractivity contribution is 0.436. The van der Waals surface area contributed by atoms with Gasteiger partial charge >= 0.3 is 0 Å². The third-order valence-electron chi connectivity index (χ3n) is 2.90. The van der Waals surface area contributed by atoms with Crippen molar-refractivity contribution in [3.8, 4) is 11.5 Å². The number of nitrogens with one attached hydrogen (secondary N) is 1. The molecule has 1 aromatic heterocycles. The summed E-state index contributed by atoms with van der Waals surface area (Å²) in [5, 5.41) is 11.4. The van der Waals surface area contributed by atoms with E-state index in [-0.39, 0.29) is 11.6 Å². The summed E-state index contributed by atoms with van der Waals surface area (Å²) in [5.41, 5.74) is 7.13. The highest BCUT2D eigenvalue weighted by molar-refractivity contribution is 5.95. The fraction of sp³-hybridized carbons (Fsp3) is 0.231. The Kier molecular flexibility index (Phi) is 3.25. The second-order valence-corrected chi connectivity index (χ2v) is 4.28. The molecule has 0 bridgehead atoms. The van der Waals surface area contributed by atoms with E-state index in [0.717, 1.165) is 5.69 Å². The Morgan fingerprint density at radius 3 is 2.58 bits per heavy atom. The van der Waals surface area contributed by atoms with Crippen LogP contribution in [0.15, 0.2) is 18.2 Å². The summed E-state index contributed by atoms with van der Waals surface area (Å²) < 4.78 is 21.1. The van der Waals surface area contributed by atoms with Crippen LogP contribution in [0.25, 0.3) is 0 Å². The van der Waals surface area contributed by atoms with Crippen LogP contribution in [0, 0.1) is 25.1 Å². The molecule has 0 saturated heterocycles. The van der Waals surface area contributed by atoms with Crippen LogP contribution in [0.3, 0.4) is 0 Å². The molecule has 6 heteroatoms. The molecule has 0 aliphatic rings. The van der Waals surface area contributed by atoms with Gasteiger partial charge in [-0.25, -0.2) is 4.39 Å². The topological polar surface area (TPSA) is 76.9 Å². The number of halogens is 1. The lowest BCUT2D eigenvalue weighted by Crippen LogP contribution is -2.11. The minimum atomic E-state index is -0.560. The Bertz CT molecular complexity index is 648. The van der Waals surface area contributed by atoms with Crippen LogP contribution in [-0.2, 0) is 7.05 Å². The van der Waals surface area contributed by atoms with Crippen molar-refractivity contribution in [3.63, 3.8) is 0 Å². The lowest BCUT2D eigenvalue weighted by Gasteiger charge is -2.08. The number of hydrogen-bond acceptors (Lipinski definition) is 3. The Morgan fingerprint density at radius 1 is 1.42 bits per heavy atom. The summed E-state index contributed by atoms with van der Waals surface area (Å²) in [6.07, 6.45) is 0. The summed E-state index contributed by atoms with van der Waals surface area (Å²) >= 11 is 0. The van der Waals surface area contributed by atoms with Gasteiger partial charge in [-0.15, -0.1) is 0 Å². The number of nitrogens with zero attached hydrogens (tertiary/aromatic N) is 2. The monoisotopic (exact) mass is 262 g/mol. The highest BCUT2D eigenvalue weighted by Crippen LogP contribution is 2.29. The van der Waals surface area contributed by atoms with Gasteiger partial charge in [0.2, 0.25) is 0 Å². The Labute approximate surface area is 110 Å². The van der Waals surface area contributed by atoms with Gasteiger partial charge in [0.25, 0.3) is 0 Å². The second-order valence-electron chi connectivity index (χ2n) is 4.28. The van der Waals surface area contributed by atoms with Gasteiger partial charge in [0.05, 0.1) is 5.69 Å². The summed E-state index contributed by atoms with van der Waals surface area (Å²) in [5.74, 6) is -0.115. The van der Waals surface area contributed by atoms with Crippen molar-refractivity contribution in [2.75, 3.05) is 0 Å². The van der Waals surface area contributed by atoms with E-state index in [4.69, 9.17) is 15.9 Å². The number of benzene rings is 1. The molecule has 2 aromatic rings. The van der Waals surface area contributed by atoms with Gasteiger partial charge in [-0.3, -0.25) is 10.1 Å². The molecule has 0 aliphatic heterocycles. The fourth-order valence-electron chi connectivity index (χ4n) is 1.76. The molecule has 0 amide bonds. The quantitative estimate of drug-likeness (QED) is 0.658. The summed E-state index contributed by atoms with van der Waals surface area (Å²) in [6.45, 7) is 3.64. The molecule has 19 heavy (non-hydrogen) atoms. The average Bonchev–Trinajstić information content (AvgIpc) is 2.58. The molecule has 0 aliphatic carbocycles. The van der Waals surface area contributed by atoms with Crippen molar-refractivity contribution < 1.29 is 9.13 Å². The van der Waals surface area contributed by atoms with E-state index < -0.39 is 5.82 Å². The highest BCUT2D eigenvalue weighted by atomic mass is 19.1. The third kappa shape index (κ3) is 2.42. The van der Waals surface area contributed by atoms with Crippen molar-refractivity contribution in [1.82, 2.24) is 9.78 Å². The maximum atomic E-state index is 13.9. The zero-order valence-electron chi connectivity index (χ0n) is 11.0. The van der Waals surface area contributed by atoms with Crippen molar-refractivity contribution in [3.05, 3.63) is 41.0 Å². The van der Waals surface area contributed by atoms with Gasteiger partial charge in [0, 0.05) is 12.6 Å². The highest BCUT2D eigenvalue weighted by Gasteiger charge is 2.14. The number of aromatic nitrogens is 2. The normalized spacial score (nSPS) is 10.5. The van der Waals surface area contributed by atoms with Crippen molar-refractivity contribution in [2.24, 2.45) is 12.8 Å². The maximum Gasteiger partial charge on any atom is 0.171 e. The van der Waals surface area contributed by atoms with Crippen molar-refractivity contribution in [1.29, 1.82) is 5.41 Å². The van der Waals surface area contributed by atoms with Gasteiger partial charge in [-0.05, 0) is 32.0 Å². The fourth-order valence-corrected chi connectivity index (χ4v) is 1.76. The molecule has 0 fully saturated rings. The molecule has 1 aromatic carbocycles. The van der Waals surface area contributed by atoms with E-state index in [9.17, 15) is 4.39 Å². The van der Waals surface area contributed by atoms with E-state index in [2.05, 4.69) is 5.10 Å². The third-order valence-corrected chi connectivity index (χ3v) is 2.90. The largest absolute Gasteiger partial charge is 0.450 e. The Balaban J connectivity index is 2.36. The summed E-state index contributed by atoms with van der Waals surface area (Å²) in [4.78, 5) is 0. The molecule has 0 unspecified atom stereocenters. The van der Waals surface area contributed by atoms with E-state index in [0.29, 0.717) is 17.0 Å². The summed E-state index contributed by atoms with van der Waals surface area (Å²) in [6, 6.07) is 4.18. The Hall–Kier alpha value is -2.37. The molecule has 0 spiro atoms. The van der Waals surface area contributed by atoms with E-state index in [1.54, 1.807) is 24.7 Å². The summed E-state index contributed by atoms with van der Waals surface area (Å²) in [7, 11) is 1.80. The molecule has 100 valence electrons. The molecule has 0 atom stereocenters. The van der Waals surface area contributed by atoms with E-state index in [1.165, 1.54) is 12.1 Å². The van der Waals surface area contributed by atoms with Crippen LogP contribution < -0.4 is 10.5 Å². The van der Waals surface area contributed by atoms with Crippen LogP contribution in [-0.4, -0.2) is 15.6 Å². The van der Waals surface area contributed by atoms with Gasteiger partial charge in [0.15, 0.2) is 17.3 Å². The van der Waals surface area contributed by atoms with Gasteiger partial charge in [0.1, 0.15) is 11.5 Å². The molecule has 2 rings (SSSR count). The van der Waals surface area contributed by atoms with Gasteiger partial charge in [-0.1, -0.05) is 0 Å². The second kappa shape index (κ2) is 4.72. The maximum absolute atomic E-state index is 13.9. The van der Waals surface area contributed by atoms with Crippen LogP contribution in [0.5, 0.6) is 11.5 Å². The van der Waals surface area contributed by atoms with Crippen LogP contribution in [0.4, 0.5) is 4.39 Å². The number of ether oxygens (including phenoxy) is 1. The number of amidine groups is 1. The average molecular weight is 262 g/mol. The first kappa shape index (κ1) is 13.1. The van der Waals surface area contributed by atoms with E-state index in [1.807, 2.05) is 6.92 Å². The van der Waals surface area contributed by atoms with Crippen molar-refractivity contribution >= 4 is 5.84 Å². The number of nitrogens with two attached hydrogens (primary N) is 1. The predicted molar refractivity (Wildman–Crippen MR) is 70.2 cm³/mol. The lowest BCUT2D eigenvalue weighted by atomic mass is 10.2. The van der Waals surface area contributed by atoms with Crippen molar-refractivity contribution in [2.45, 2.75) is 13.8 Å². The number of rotatable bonds is 3. The van der Waals surface area contributed by atoms with Crippen LogP contribution in [0.1, 0.15) is 17.0 Å². The molecule has 0 saturated carbocycles. The molecule has 1 heterocycles. The number of aryl methyl sites for hydroxylation is 2. The minimum absolute atomic E-state index is 0.0872. The predicted octanol–water partition coefficient (Wildman–Crippen LogP) is 2.25. The van der Waals surface area contributed by atoms with Gasteiger partial charge < -0.3 is 10.5 Å². The zero-order chi connectivity index (χ0) is 14.2. The zero-order valence-corrected chi connectivity index (χ0v) is 11.0. The van der Waals surface area contributed by atoms with Crippen LogP contribution >= 0.6 is 0 Å². The Morgan fingerprint density at radius 2 is 2.11 bits per heavy atom. The SMILES string of the molecule is Cc1nn(C)c(C)c1Oc1ccc(C(=N)N)cc1F. The first-order valence-corrected chi connectivity index (χ1v) is 5.72.